The SMILES string of the molecule is CCNCc1c(-n2cccn2)nc2sccn12. The van der Waals surface area contributed by atoms with Gasteiger partial charge in [0.05, 0.1) is 5.69 Å². The average Bonchev–Trinajstić information content (AvgIpc) is 3.02. The first-order chi connectivity index (χ1) is 8.40. The highest BCUT2D eigenvalue weighted by molar-refractivity contribution is 7.15. The van der Waals surface area contributed by atoms with Crippen molar-refractivity contribution in [3.63, 3.8) is 0 Å². The number of thiazole rings is 1. The van der Waals surface area contributed by atoms with Crippen LogP contribution in [0.3, 0.4) is 0 Å². The van der Waals surface area contributed by atoms with Gasteiger partial charge in [0.1, 0.15) is 0 Å². The fourth-order valence-corrected chi connectivity index (χ4v) is 2.53. The van der Waals surface area contributed by atoms with Crippen LogP contribution in [0, 0.1) is 0 Å². The monoisotopic (exact) mass is 247 g/mol. The fourth-order valence-electron chi connectivity index (χ4n) is 1.81. The number of imidazole rings is 1. The molecule has 3 aromatic heterocycles. The van der Waals surface area contributed by atoms with Crippen LogP contribution in [-0.2, 0) is 6.54 Å². The summed E-state index contributed by atoms with van der Waals surface area (Å²) in [4.78, 5) is 5.61. The van der Waals surface area contributed by atoms with E-state index in [1.54, 1.807) is 17.5 Å². The summed E-state index contributed by atoms with van der Waals surface area (Å²) < 4.78 is 3.93. The molecule has 0 unspecified atom stereocenters. The summed E-state index contributed by atoms with van der Waals surface area (Å²) in [5, 5.41) is 9.63. The van der Waals surface area contributed by atoms with Gasteiger partial charge in [-0.05, 0) is 12.6 Å². The van der Waals surface area contributed by atoms with Gasteiger partial charge < -0.3 is 5.32 Å². The molecule has 5 nitrogen and oxygen atoms in total. The summed E-state index contributed by atoms with van der Waals surface area (Å²) in [6.45, 7) is 3.83. The largest absolute Gasteiger partial charge is 0.311 e. The van der Waals surface area contributed by atoms with Crippen molar-refractivity contribution in [2.75, 3.05) is 6.54 Å². The maximum atomic E-state index is 4.61. The average molecular weight is 247 g/mol. The Labute approximate surface area is 103 Å². The molecule has 0 aliphatic carbocycles. The van der Waals surface area contributed by atoms with Crippen molar-refractivity contribution >= 4 is 16.3 Å². The Kier molecular flexibility index (Phi) is 2.66. The smallest absolute Gasteiger partial charge is 0.196 e. The van der Waals surface area contributed by atoms with Crippen LogP contribution in [-0.4, -0.2) is 25.7 Å². The van der Waals surface area contributed by atoms with Gasteiger partial charge in [0.15, 0.2) is 10.8 Å². The quantitative estimate of drug-likeness (QED) is 0.763. The zero-order valence-electron chi connectivity index (χ0n) is 9.50. The van der Waals surface area contributed by atoms with Gasteiger partial charge in [-0.1, -0.05) is 6.92 Å². The second kappa shape index (κ2) is 4.31. The Morgan fingerprint density at radius 1 is 1.41 bits per heavy atom. The van der Waals surface area contributed by atoms with Gasteiger partial charge in [0, 0.05) is 30.5 Å². The number of hydrogen-bond acceptors (Lipinski definition) is 4. The van der Waals surface area contributed by atoms with Gasteiger partial charge in [0.2, 0.25) is 0 Å². The molecule has 0 bridgehead atoms. The van der Waals surface area contributed by atoms with Gasteiger partial charge in [0.25, 0.3) is 0 Å². The number of rotatable bonds is 4. The third-order valence-corrected chi connectivity index (χ3v) is 3.36. The molecule has 0 spiro atoms. The van der Waals surface area contributed by atoms with Gasteiger partial charge in [-0.15, -0.1) is 11.3 Å². The zero-order chi connectivity index (χ0) is 11.7. The molecule has 0 amide bonds. The number of nitrogens with zero attached hydrogens (tertiary/aromatic N) is 4. The molecular weight excluding hydrogens is 234 g/mol. The Hall–Kier alpha value is -1.66. The van der Waals surface area contributed by atoms with Gasteiger partial charge in [-0.3, -0.25) is 4.40 Å². The first-order valence-corrected chi connectivity index (χ1v) is 6.43. The van der Waals surface area contributed by atoms with E-state index in [9.17, 15) is 0 Å². The lowest BCUT2D eigenvalue weighted by Gasteiger charge is -2.04. The third-order valence-electron chi connectivity index (χ3n) is 2.60. The Balaban J connectivity index is 2.12. The summed E-state index contributed by atoms with van der Waals surface area (Å²) in [5.41, 5.74) is 1.15. The fraction of sp³-hybridized carbons (Fsp3) is 0.273. The van der Waals surface area contributed by atoms with Crippen molar-refractivity contribution < 1.29 is 0 Å². The number of fused-ring (bicyclic) bond motifs is 1. The molecule has 3 aromatic rings. The molecule has 0 radical (unpaired) electrons. The molecule has 0 saturated carbocycles. The van der Waals surface area contributed by atoms with Crippen LogP contribution in [0.4, 0.5) is 0 Å². The van der Waals surface area contributed by atoms with Crippen LogP contribution in [0.2, 0.25) is 0 Å². The van der Waals surface area contributed by atoms with Crippen molar-refractivity contribution in [2.24, 2.45) is 0 Å². The van der Waals surface area contributed by atoms with E-state index in [1.165, 1.54) is 0 Å². The normalized spacial score (nSPS) is 11.4. The molecule has 0 aliphatic rings. The maximum absolute atomic E-state index is 4.61. The predicted molar refractivity (Wildman–Crippen MR) is 67.6 cm³/mol. The highest BCUT2D eigenvalue weighted by Gasteiger charge is 2.14. The lowest BCUT2D eigenvalue weighted by Crippen LogP contribution is -2.15. The van der Waals surface area contributed by atoms with E-state index in [2.05, 4.69) is 26.7 Å². The minimum atomic E-state index is 0.795. The van der Waals surface area contributed by atoms with Gasteiger partial charge in [-0.2, -0.15) is 10.1 Å². The van der Waals surface area contributed by atoms with Gasteiger partial charge in [-0.25, -0.2) is 4.68 Å². The van der Waals surface area contributed by atoms with Crippen LogP contribution in [0.15, 0.2) is 30.0 Å². The molecule has 0 saturated heterocycles. The molecule has 3 rings (SSSR count). The summed E-state index contributed by atoms with van der Waals surface area (Å²) >= 11 is 1.64. The second-order valence-corrected chi connectivity index (χ2v) is 4.54. The number of nitrogens with one attached hydrogen (secondary N) is 1. The minimum Gasteiger partial charge on any atom is -0.311 e. The van der Waals surface area contributed by atoms with Crippen LogP contribution >= 0.6 is 11.3 Å². The Bertz CT molecular complexity index is 607. The summed E-state index contributed by atoms with van der Waals surface area (Å²) in [7, 11) is 0. The molecule has 6 heteroatoms. The first-order valence-electron chi connectivity index (χ1n) is 5.55. The van der Waals surface area contributed by atoms with E-state index in [0.717, 1.165) is 29.6 Å². The van der Waals surface area contributed by atoms with Crippen molar-refractivity contribution in [2.45, 2.75) is 13.5 Å². The van der Waals surface area contributed by atoms with E-state index in [1.807, 2.05) is 28.5 Å². The molecule has 0 atom stereocenters. The molecule has 88 valence electrons. The number of aromatic nitrogens is 4. The van der Waals surface area contributed by atoms with E-state index in [4.69, 9.17) is 0 Å². The lowest BCUT2D eigenvalue weighted by atomic mass is 10.4. The highest BCUT2D eigenvalue weighted by atomic mass is 32.1. The molecule has 0 aromatic carbocycles. The molecule has 3 heterocycles. The minimum absolute atomic E-state index is 0.795. The van der Waals surface area contributed by atoms with Crippen molar-refractivity contribution in [1.82, 2.24) is 24.5 Å². The maximum Gasteiger partial charge on any atom is 0.196 e. The van der Waals surface area contributed by atoms with E-state index in [0.29, 0.717) is 0 Å². The van der Waals surface area contributed by atoms with Crippen LogP contribution in [0.1, 0.15) is 12.6 Å². The number of hydrogen-bond donors (Lipinski definition) is 1. The Morgan fingerprint density at radius 3 is 3.12 bits per heavy atom. The molecule has 0 fully saturated rings. The van der Waals surface area contributed by atoms with Crippen molar-refractivity contribution in [1.29, 1.82) is 0 Å². The van der Waals surface area contributed by atoms with E-state index < -0.39 is 0 Å². The topological polar surface area (TPSA) is 47.2 Å². The van der Waals surface area contributed by atoms with Crippen molar-refractivity contribution in [3.05, 3.63) is 35.7 Å². The zero-order valence-corrected chi connectivity index (χ0v) is 10.3. The van der Waals surface area contributed by atoms with E-state index in [-0.39, 0.29) is 0 Å². The molecule has 1 N–H and O–H groups in total. The summed E-state index contributed by atoms with van der Waals surface area (Å²) in [6.07, 6.45) is 5.74. The van der Waals surface area contributed by atoms with Crippen molar-refractivity contribution in [3.8, 4) is 5.82 Å². The van der Waals surface area contributed by atoms with Crippen LogP contribution < -0.4 is 5.32 Å². The van der Waals surface area contributed by atoms with E-state index >= 15 is 0 Å². The van der Waals surface area contributed by atoms with Crippen LogP contribution in [0.5, 0.6) is 0 Å². The highest BCUT2D eigenvalue weighted by Crippen LogP contribution is 2.19. The first kappa shape index (κ1) is 10.5. The third kappa shape index (κ3) is 1.75. The molecular formula is C11H13N5S. The molecule has 17 heavy (non-hydrogen) atoms. The van der Waals surface area contributed by atoms with Crippen LogP contribution in [0.25, 0.3) is 10.8 Å². The van der Waals surface area contributed by atoms with Gasteiger partial charge >= 0.3 is 0 Å². The standard InChI is InChI=1S/C11H13N5S/c1-2-12-8-9-10(16-5-3-4-13-16)14-11-15(9)6-7-17-11/h3-7,12H,2,8H2,1H3. The molecule has 0 aliphatic heterocycles. The summed E-state index contributed by atoms with van der Waals surface area (Å²) in [5.74, 6) is 0.905. The predicted octanol–water partition coefficient (Wildman–Crippen LogP) is 1.69. The lowest BCUT2D eigenvalue weighted by molar-refractivity contribution is 0.695. The Morgan fingerprint density at radius 2 is 2.35 bits per heavy atom. The summed E-state index contributed by atoms with van der Waals surface area (Å²) in [6, 6.07) is 1.91. The second-order valence-electron chi connectivity index (χ2n) is 3.67.